The van der Waals surface area contributed by atoms with Gasteiger partial charge in [-0.25, -0.2) is 13.4 Å². The van der Waals surface area contributed by atoms with E-state index in [2.05, 4.69) is 9.71 Å². The van der Waals surface area contributed by atoms with E-state index >= 15 is 0 Å². The zero-order valence-corrected chi connectivity index (χ0v) is 10.5. The van der Waals surface area contributed by atoms with Crippen molar-refractivity contribution in [3.05, 3.63) is 12.3 Å². The highest BCUT2D eigenvalue weighted by Crippen LogP contribution is 2.36. The lowest BCUT2D eigenvalue weighted by atomic mass is 10.4. The van der Waals surface area contributed by atoms with Crippen LogP contribution in [0.4, 0.5) is 5.69 Å². The summed E-state index contributed by atoms with van der Waals surface area (Å²) in [6, 6.07) is 1.62. The fourth-order valence-electron chi connectivity index (χ4n) is 1.32. The monoisotopic (exact) mass is 258 g/mol. The highest BCUT2D eigenvalue weighted by Gasteiger charge is 2.26. The number of hydrogen-bond donors (Lipinski definition) is 1. The standard InChI is InChI=1S/C10H14N2O4S/c1-15-10-9(12-17(2,13)14)8(5-6-11-10)16-7-3-4-7/h5-7,12H,3-4H2,1-2H3. The van der Waals surface area contributed by atoms with E-state index in [9.17, 15) is 8.42 Å². The molecule has 1 aromatic rings. The summed E-state index contributed by atoms with van der Waals surface area (Å²) in [6.07, 6.45) is 4.73. The van der Waals surface area contributed by atoms with E-state index in [-0.39, 0.29) is 17.7 Å². The quantitative estimate of drug-likeness (QED) is 0.852. The summed E-state index contributed by atoms with van der Waals surface area (Å²) >= 11 is 0. The summed E-state index contributed by atoms with van der Waals surface area (Å²) in [7, 11) is -1.97. The predicted octanol–water partition coefficient (Wildman–Crippen LogP) is 1.00. The Kier molecular flexibility index (Phi) is 3.10. The van der Waals surface area contributed by atoms with E-state index in [1.165, 1.54) is 13.3 Å². The second-order valence-corrected chi connectivity index (χ2v) is 5.63. The Bertz CT molecular complexity index is 511. The van der Waals surface area contributed by atoms with Crippen LogP contribution in [-0.4, -0.2) is 32.9 Å². The molecule has 94 valence electrons. The van der Waals surface area contributed by atoms with Crippen molar-refractivity contribution in [1.82, 2.24) is 4.98 Å². The van der Waals surface area contributed by atoms with Gasteiger partial charge in [-0.15, -0.1) is 0 Å². The SMILES string of the molecule is COc1nccc(OC2CC2)c1NS(C)(=O)=O. The summed E-state index contributed by atoms with van der Waals surface area (Å²) in [5.41, 5.74) is 0.254. The van der Waals surface area contributed by atoms with Crippen LogP contribution >= 0.6 is 0 Å². The molecule has 0 amide bonds. The van der Waals surface area contributed by atoms with Crippen LogP contribution < -0.4 is 14.2 Å². The number of hydrogen-bond acceptors (Lipinski definition) is 5. The zero-order valence-electron chi connectivity index (χ0n) is 9.63. The molecule has 6 nitrogen and oxygen atoms in total. The van der Waals surface area contributed by atoms with E-state index < -0.39 is 10.0 Å². The van der Waals surface area contributed by atoms with Gasteiger partial charge in [0.15, 0.2) is 11.4 Å². The molecule has 0 saturated heterocycles. The summed E-state index contributed by atoms with van der Waals surface area (Å²) in [5, 5.41) is 0. The molecule has 2 rings (SSSR count). The minimum Gasteiger partial charge on any atom is -0.488 e. The van der Waals surface area contributed by atoms with Gasteiger partial charge in [0.05, 0.1) is 19.5 Å². The molecule has 1 N–H and O–H groups in total. The van der Waals surface area contributed by atoms with Crippen LogP contribution in [0.15, 0.2) is 12.3 Å². The largest absolute Gasteiger partial charge is 0.488 e. The van der Waals surface area contributed by atoms with Crippen LogP contribution in [0.1, 0.15) is 12.8 Å². The first-order valence-electron chi connectivity index (χ1n) is 5.17. The highest BCUT2D eigenvalue weighted by atomic mass is 32.2. The molecule has 0 spiro atoms. The number of nitrogens with one attached hydrogen (secondary N) is 1. The number of methoxy groups -OCH3 is 1. The Hall–Kier alpha value is -1.50. The summed E-state index contributed by atoms with van der Waals surface area (Å²) in [6.45, 7) is 0. The van der Waals surface area contributed by atoms with Crippen LogP contribution in [0, 0.1) is 0 Å². The second kappa shape index (κ2) is 4.40. The van der Waals surface area contributed by atoms with Crippen molar-refractivity contribution in [2.24, 2.45) is 0 Å². The third kappa shape index (κ3) is 3.23. The third-order valence-corrected chi connectivity index (χ3v) is 2.75. The predicted molar refractivity (Wildman–Crippen MR) is 62.9 cm³/mol. The lowest BCUT2D eigenvalue weighted by molar-refractivity contribution is 0.301. The van der Waals surface area contributed by atoms with Crippen LogP contribution in [-0.2, 0) is 10.0 Å². The van der Waals surface area contributed by atoms with Crippen molar-refractivity contribution in [3.63, 3.8) is 0 Å². The molecule has 1 aromatic heterocycles. The molecular weight excluding hydrogens is 244 g/mol. The molecule has 0 bridgehead atoms. The van der Waals surface area contributed by atoms with Gasteiger partial charge in [-0.3, -0.25) is 4.72 Å². The van der Waals surface area contributed by atoms with Crippen LogP contribution in [0.25, 0.3) is 0 Å². The number of anilines is 1. The van der Waals surface area contributed by atoms with Crippen LogP contribution in [0.2, 0.25) is 0 Å². The molecule has 0 aromatic carbocycles. The van der Waals surface area contributed by atoms with Crippen molar-refractivity contribution in [2.45, 2.75) is 18.9 Å². The summed E-state index contributed by atoms with van der Waals surface area (Å²) in [5.74, 6) is 0.651. The Morgan fingerprint density at radius 3 is 2.71 bits per heavy atom. The maximum atomic E-state index is 11.3. The first-order chi connectivity index (χ1) is 7.99. The lowest BCUT2D eigenvalue weighted by Crippen LogP contribution is -2.13. The second-order valence-electron chi connectivity index (χ2n) is 3.88. The molecule has 17 heavy (non-hydrogen) atoms. The van der Waals surface area contributed by atoms with Gasteiger partial charge in [-0.1, -0.05) is 0 Å². The average Bonchev–Trinajstić information content (AvgIpc) is 3.02. The molecule has 0 unspecified atom stereocenters. The minimum atomic E-state index is -3.40. The molecular formula is C10H14N2O4S. The third-order valence-electron chi connectivity index (χ3n) is 2.18. The van der Waals surface area contributed by atoms with Gasteiger partial charge in [-0.05, 0) is 12.8 Å². The van der Waals surface area contributed by atoms with Gasteiger partial charge >= 0.3 is 0 Å². The van der Waals surface area contributed by atoms with E-state index in [1.807, 2.05) is 0 Å². The molecule has 1 aliphatic rings. The van der Waals surface area contributed by atoms with Crippen molar-refractivity contribution >= 4 is 15.7 Å². The lowest BCUT2D eigenvalue weighted by Gasteiger charge is -2.13. The van der Waals surface area contributed by atoms with Gasteiger partial charge in [0.25, 0.3) is 0 Å². The van der Waals surface area contributed by atoms with E-state index in [0.717, 1.165) is 19.1 Å². The number of pyridine rings is 1. The molecule has 0 radical (unpaired) electrons. The van der Waals surface area contributed by atoms with Gasteiger partial charge in [-0.2, -0.15) is 0 Å². The van der Waals surface area contributed by atoms with Crippen molar-refractivity contribution < 1.29 is 17.9 Å². The first-order valence-corrected chi connectivity index (χ1v) is 7.06. The molecule has 1 aliphatic carbocycles. The average molecular weight is 258 g/mol. The summed E-state index contributed by atoms with van der Waals surface area (Å²) in [4.78, 5) is 3.94. The van der Waals surface area contributed by atoms with Crippen molar-refractivity contribution in [1.29, 1.82) is 0 Å². The molecule has 1 saturated carbocycles. The molecule has 0 aliphatic heterocycles. The Labute approximate surface area is 100 Å². The minimum absolute atomic E-state index is 0.169. The summed E-state index contributed by atoms with van der Waals surface area (Å²) < 4.78 is 35.5. The maximum Gasteiger partial charge on any atom is 0.242 e. The molecule has 7 heteroatoms. The van der Waals surface area contributed by atoms with Crippen molar-refractivity contribution in [3.8, 4) is 11.6 Å². The number of sulfonamides is 1. The van der Waals surface area contributed by atoms with Crippen LogP contribution in [0.3, 0.4) is 0 Å². The maximum absolute atomic E-state index is 11.3. The van der Waals surface area contributed by atoms with Gasteiger partial charge in [0.2, 0.25) is 15.9 Å². The number of rotatable bonds is 5. The zero-order chi connectivity index (χ0) is 12.5. The molecule has 0 atom stereocenters. The van der Waals surface area contributed by atoms with Gasteiger partial charge in [0, 0.05) is 12.3 Å². The Morgan fingerprint density at radius 1 is 1.47 bits per heavy atom. The molecule has 1 fully saturated rings. The van der Waals surface area contributed by atoms with E-state index in [0.29, 0.717) is 5.75 Å². The van der Waals surface area contributed by atoms with Gasteiger partial charge < -0.3 is 9.47 Å². The fourth-order valence-corrected chi connectivity index (χ4v) is 1.88. The normalized spacial score (nSPS) is 15.4. The topological polar surface area (TPSA) is 77.5 Å². The first kappa shape index (κ1) is 12.0. The Morgan fingerprint density at radius 2 is 2.18 bits per heavy atom. The van der Waals surface area contributed by atoms with E-state index in [4.69, 9.17) is 9.47 Å². The van der Waals surface area contributed by atoms with E-state index in [1.54, 1.807) is 6.07 Å². The molecule has 1 heterocycles. The Balaban J connectivity index is 2.35. The number of aromatic nitrogens is 1. The fraction of sp³-hybridized carbons (Fsp3) is 0.500. The van der Waals surface area contributed by atoms with Gasteiger partial charge in [0.1, 0.15) is 0 Å². The van der Waals surface area contributed by atoms with Crippen molar-refractivity contribution in [2.75, 3.05) is 18.1 Å². The number of nitrogens with zero attached hydrogens (tertiary/aromatic N) is 1. The van der Waals surface area contributed by atoms with Crippen LogP contribution in [0.5, 0.6) is 11.6 Å². The smallest absolute Gasteiger partial charge is 0.242 e. The highest BCUT2D eigenvalue weighted by molar-refractivity contribution is 7.92. The number of ether oxygens (including phenoxy) is 2.